The molecular weight excluding hydrogens is 212 g/mol. The van der Waals surface area contributed by atoms with Gasteiger partial charge < -0.3 is 9.47 Å². The maximum Gasteiger partial charge on any atom is 0.157 e. The summed E-state index contributed by atoms with van der Waals surface area (Å²) in [6.45, 7) is 10.8. The lowest BCUT2D eigenvalue weighted by Gasteiger charge is -2.22. The SMILES string of the molecule is CC(C)=C[C@@H]1[C@H](CO[C@@H]2CCCCO2)C1(C)C. The maximum atomic E-state index is 5.90. The molecule has 1 heterocycles. The molecule has 0 bridgehead atoms. The molecule has 0 radical (unpaired) electrons. The molecule has 0 aromatic carbocycles. The monoisotopic (exact) mass is 238 g/mol. The zero-order valence-corrected chi connectivity index (χ0v) is 11.7. The first kappa shape index (κ1) is 13.1. The molecule has 2 aliphatic rings. The molecule has 98 valence electrons. The summed E-state index contributed by atoms with van der Waals surface area (Å²) in [6, 6.07) is 0. The van der Waals surface area contributed by atoms with Gasteiger partial charge in [0.2, 0.25) is 0 Å². The second-order valence-electron chi connectivity index (χ2n) is 6.33. The molecule has 0 amide bonds. The van der Waals surface area contributed by atoms with E-state index in [4.69, 9.17) is 9.47 Å². The molecule has 0 aromatic rings. The molecule has 2 heteroatoms. The number of ether oxygens (including phenoxy) is 2. The first-order valence-corrected chi connectivity index (χ1v) is 6.90. The van der Waals surface area contributed by atoms with Crippen LogP contribution in [0.4, 0.5) is 0 Å². The van der Waals surface area contributed by atoms with Crippen LogP contribution >= 0.6 is 0 Å². The van der Waals surface area contributed by atoms with Crippen molar-refractivity contribution in [3.05, 3.63) is 11.6 Å². The Balaban J connectivity index is 1.78. The number of allylic oxidation sites excluding steroid dienone is 2. The van der Waals surface area contributed by atoms with Crippen LogP contribution in [0.2, 0.25) is 0 Å². The van der Waals surface area contributed by atoms with E-state index in [2.05, 4.69) is 33.8 Å². The smallest absolute Gasteiger partial charge is 0.157 e. The Morgan fingerprint density at radius 1 is 1.35 bits per heavy atom. The number of hydrogen-bond donors (Lipinski definition) is 0. The van der Waals surface area contributed by atoms with Gasteiger partial charge in [-0.25, -0.2) is 0 Å². The quantitative estimate of drug-likeness (QED) is 0.694. The Labute approximate surface area is 105 Å². The average molecular weight is 238 g/mol. The van der Waals surface area contributed by atoms with Gasteiger partial charge in [-0.1, -0.05) is 25.5 Å². The molecule has 0 N–H and O–H groups in total. The predicted octanol–water partition coefficient (Wildman–Crippen LogP) is 3.77. The highest BCUT2D eigenvalue weighted by Crippen LogP contribution is 2.59. The normalized spacial score (nSPS) is 35.4. The van der Waals surface area contributed by atoms with Crippen LogP contribution in [0.5, 0.6) is 0 Å². The summed E-state index contributed by atoms with van der Waals surface area (Å²) in [5.74, 6) is 1.36. The molecule has 0 unspecified atom stereocenters. The van der Waals surface area contributed by atoms with Crippen LogP contribution in [0, 0.1) is 17.3 Å². The van der Waals surface area contributed by atoms with Crippen molar-refractivity contribution in [2.24, 2.45) is 17.3 Å². The largest absolute Gasteiger partial charge is 0.353 e. The first-order valence-electron chi connectivity index (χ1n) is 6.90. The van der Waals surface area contributed by atoms with Crippen LogP contribution in [0.25, 0.3) is 0 Å². The van der Waals surface area contributed by atoms with Crippen molar-refractivity contribution in [2.75, 3.05) is 13.2 Å². The van der Waals surface area contributed by atoms with E-state index in [-0.39, 0.29) is 6.29 Å². The summed E-state index contributed by atoms with van der Waals surface area (Å²) in [7, 11) is 0. The van der Waals surface area contributed by atoms with Gasteiger partial charge in [-0.3, -0.25) is 0 Å². The summed E-state index contributed by atoms with van der Waals surface area (Å²) in [5, 5.41) is 0. The highest BCUT2D eigenvalue weighted by molar-refractivity contribution is 5.16. The van der Waals surface area contributed by atoms with Crippen molar-refractivity contribution in [2.45, 2.75) is 53.2 Å². The van der Waals surface area contributed by atoms with Gasteiger partial charge in [0.25, 0.3) is 0 Å². The first-order chi connectivity index (χ1) is 8.01. The third kappa shape index (κ3) is 3.11. The Morgan fingerprint density at radius 2 is 2.12 bits per heavy atom. The number of rotatable bonds is 4. The summed E-state index contributed by atoms with van der Waals surface area (Å²) >= 11 is 0. The standard InChI is InChI=1S/C15H26O2/c1-11(2)9-12-13(15(12,3)4)10-17-14-7-5-6-8-16-14/h9,12-14H,5-8,10H2,1-4H3/t12-,13+,14-/m1/s1. The van der Waals surface area contributed by atoms with Gasteiger partial charge in [0.1, 0.15) is 0 Å². The minimum atomic E-state index is 0.0625. The van der Waals surface area contributed by atoms with Gasteiger partial charge >= 0.3 is 0 Å². The van der Waals surface area contributed by atoms with Gasteiger partial charge in [-0.05, 0) is 50.4 Å². The van der Waals surface area contributed by atoms with E-state index in [1.54, 1.807) is 0 Å². The second-order valence-corrected chi connectivity index (χ2v) is 6.33. The highest BCUT2D eigenvalue weighted by Gasteiger charge is 2.56. The maximum absolute atomic E-state index is 5.90. The van der Waals surface area contributed by atoms with Gasteiger partial charge in [-0.2, -0.15) is 0 Å². The van der Waals surface area contributed by atoms with Gasteiger partial charge in [0.05, 0.1) is 6.61 Å². The fourth-order valence-electron chi connectivity index (χ4n) is 2.85. The summed E-state index contributed by atoms with van der Waals surface area (Å²) in [6.07, 6.45) is 5.97. The highest BCUT2D eigenvalue weighted by atomic mass is 16.7. The van der Waals surface area contributed by atoms with E-state index in [0.29, 0.717) is 17.3 Å². The van der Waals surface area contributed by atoms with Crippen molar-refractivity contribution in [3.63, 3.8) is 0 Å². The topological polar surface area (TPSA) is 18.5 Å². The van der Waals surface area contributed by atoms with Crippen LogP contribution < -0.4 is 0 Å². The lowest BCUT2D eigenvalue weighted by atomic mass is 10.1. The fraction of sp³-hybridized carbons (Fsp3) is 0.867. The Kier molecular flexibility index (Phi) is 3.94. The Bertz CT molecular complexity index is 283. The predicted molar refractivity (Wildman–Crippen MR) is 69.7 cm³/mol. The molecule has 0 spiro atoms. The summed E-state index contributed by atoms with van der Waals surface area (Å²) < 4.78 is 11.5. The number of hydrogen-bond acceptors (Lipinski definition) is 2. The Hall–Kier alpha value is -0.340. The van der Waals surface area contributed by atoms with Gasteiger partial charge in [0.15, 0.2) is 6.29 Å². The van der Waals surface area contributed by atoms with Crippen LogP contribution in [0.1, 0.15) is 47.0 Å². The lowest BCUT2D eigenvalue weighted by Crippen LogP contribution is -2.23. The minimum absolute atomic E-state index is 0.0625. The van der Waals surface area contributed by atoms with E-state index in [1.165, 1.54) is 18.4 Å². The van der Waals surface area contributed by atoms with Gasteiger partial charge in [0, 0.05) is 6.61 Å². The van der Waals surface area contributed by atoms with Crippen molar-refractivity contribution < 1.29 is 9.47 Å². The van der Waals surface area contributed by atoms with E-state index in [0.717, 1.165) is 19.6 Å². The third-order valence-corrected chi connectivity index (χ3v) is 4.25. The van der Waals surface area contributed by atoms with Crippen molar-refractivity contribution in [3.8, 4) is 0 Å². The minimum Gasteiger partial charge on any atom is -0.353 e. The van der Waals surface area contributed by atoms with E-state index >= 15 is 0 Å². The van der Waals surface area contributed by atoms with Crippen molar-refractivity contribution in [1.82, 2.24) is 0 Å². The molecule has 3 atom stereocenters. The second kappa shape index (κ2) is 5.11. The summed E-state index contributed by atoms with van der Waals surface area (Å²) in [5.41, 5.74) is 1.82. The average Bonchev–Trinajstić information content (AvgIpc) is 2.78. The van der Waals surface area contributed by atoms with Crippen molar-refractivity contribution in [1.29, 1.82) is 0 Å². The van der Waals surface area contributed by atoms with Crippen molar-refractivity contribution >= 4 is 0 Å². The zero-order chi connectivity index (χ0) is 12.5. The van der Waals surface area contributed by atoms with E-state index in [1.807, 2.05) is 0 Å². The van der Waals surface area contributed by atoms with Crippen LogP contribution in [-0.2, 0) is 9.47 Å². The molecule has 0 aromatic heterocycles. The lowest BCUT2D eigenvalue weighted by molar-refractivity contribution is -0.166. The molecule has 17 heavy (non-hydrogen) atoms. The molecule has 1 saturated heterocycles. The molecule has 1 aliphatic carbocycles. The van der Waals surface area contributed by atoms with Crippen LogP contribution in [-0.4, -0.2) is 19.5 Å². The summed E-state index contributed by atoms with van der Waals surface area (Å²) in [4.78, 5) is 0. The molecule has 2 fully saturated rings. The molecular formula is C15H26O2. The molecule has 1 saturated carbocycles. The molecule has 1 aliphatic heterocycles. The third-order valence-electron chi connectivity index (χ3n) is 4.25. The van der Waals surface area contributed by atoms with E-state index < -0.39 is 0 Å². The van der Waals surface area contributed by atoms with Crippen LogP contribution in [0.15, 0.2) is 11.6 Å². The van der Waals surface area contributed by atoms with Crippen LogP contribution in [0.3, 0.4) is 0 Å². The molecule has 2 nitrogen and oxygen atoms in total. The fourth-order valence-corrected chi connectivity index (χ4v) is 2.85. The molecule has 2 rings (SSSR count). The Morgan fingerprint density at radius 3 is 2.71 bits per heavy atom. The zero-order valence-electron chi connectivity index (χ0n) is 11.7. The van der Waals surface area contributed by atoms with Gasteiger partial charge in [-0.15, -0.1) is 0 Å². The van der Waals surface area contributed by atoms with E-state index in [9.17, 15) is 0 Å².